The predicted molar refractivity (Wildman–Crippen MR) is 70.1 cm³/mol. The summed E-state index contributed by atoms with van der Waals surface area (Å²) in [6.45, 7) is -0.244. The summed E-state index contributed by atoms with van der Waals surface area (Å²) in [7, 11) is 0. The fraction of sp³-hybridized carbons (Fsp3) is 0.308. The van der Waals surface area contributed by atoms with Crippen molar-refractivity contribution in [2.24, 2.45) is 5.92 Å². The molecule has 5 heteroatoms. The summed E-state index contributed by atoms with van der Waals surface area (Å²) in [6.07, 6.45) is 0.707. The van der Waals surface area contributed by atoms with Crippen molar-refractivity contribution in [2.75, 3.05) is 6.61 Å². The molecule has 0 amide bonds. The molecule has 4 nitrogen and oxygen atoms in total. The average Bonchev–Trinajstić information content (AvgIpc) is 2.90. The highest BCUT2D eigenvalue weighted by Gasteiger charge is 2.16. The Morgan fingerprint density at radius 1 is 1.17 bits per heavy atom. The van der Waals surface area contributed by atoms with Gasteiger partial charge in [0, 0.05) is 23.1 Å². The minimum Gasteiger partial charge on any atom is -0.396 e. The topological polar surface area (TPSA) is 73.6 Å². The maximum absolute atomic E-state index is 9.07. The quantitative estimate of drug-likeness (QED) is 0.712. The van der Waals surface area contributed by atoms with Crippen molar-refractivity contribution in [2.45, 2.75) is 12.7 Å². The fourth-order valence-electron chi connectivity index (χ4n) is 1.72. The molecule has 0 saturated heterocycles. The molecule has 1 aromatic carbocycles. The van der Waals surface area contributed by atoms with Crippen molar-refractivity contribution in [3.8, 4) is 10.6 Å². The molecule has 1 atom stereocenters. The van der Waals surface area contributed by atoms with E-state index < -0.39 is 12.2 Å². The number of aliphatic hydroxyl groups is 3. The first-order valence-corrected chi connectivity index (χ1v) is 6.54. The zero-order chi connectivity index (χ0) is 13.0. The summed E-state index contributed by atoms with van der Waals surface area (Å²) in [4.78, 5) is 4.22. The van der Waals surface area contributed by atoms with Gasteiger partial charge in [0.1, 0.15) is 5.01 Å². The summed E-state index contributed by atoms with van der Waals surface area (Å²) in [6, 6.07) is 7.74. The van der Waals surface area contributed by atoms with Gasteiger partial charge >= 0.3 is 0 Å². The molecule has 1 heterocycles. The number of hydrogen-bond donors (Lipinski definition) is 3. The smallest absolute Gasteiger partial charge is 0.156 e. The van der Waals surface area contributed by atoms with Crippen LogP contribution in [0.3, 0.4) is 0 Å². The Kier molecular flexibility index (Phi) is 4.43. The molecule has 0 aliphatic carbocycles. The van der Waals surface area contributed by atoms with Gasteiger partial charge in [-0.25, -0.2) is 4.98 Å². The van der Waals surface area contributed by atoms with E-state index in [4.69, 9.17) is 15.3 Å². The Morgan fingerprint density at radius 2 is 1.89 bits per heavy atom. The minimum atomic E-state index is -1.49. The monoisotopic (exact) mass is 265 g/mol. The molecule has 0 aliphatic rings. The Bertz CT molecular complexity index is 467. The Hall–Kier alpha value is -1.27. The van der Waals surface area contributed by atoms with E-state index in [1.807, 2.05) is 29.6 Å². The van der Waals surface area contributed by atoms with Crippen molar-refractivity contribution >= 4 is 11.3 Å². The molecule has 0 aliphatic heterocycles. The van der Waals surface area contributed by atoms with Crippen LogP contribution in [-0.4, -0.2) is 33.2 Å². The van der Waals surface area contributed by atoms with Crippen LogP contribution >= 0.6 is 11.3 Å². The number of rotatable bonds is 5. The van der Waals surface area contributed by atoms with Gasteiger partial charge in [0.2, 0.25) is 0 Å². The van der Waals surface area contributed by atoms with E-state index in [9.17, 15) is 0 Å². The van der Waals surface area contributed by atoms with E-state index in [-0.39, 0.29) is 6.61 Å². The number of aliphatic hydroxyl groups excluding tert-OH is 2. The maximum atomic E-state index is 9.07. The van der Waals surface area contributed by atoms with Crippen LogP contribution in [0.2, 0.25) is 0 Å². The highest BCUT2D eigenvalue weighted by molar-refractivity contribution is 7.13. The van der Waals surface area contributed by atoms with Crippen molar-refractivity contribution < 1.29 is 15.3 Å². The van der Waals surface area contributed by atoms with Gasteiger partial charge in [-0.2, -0.15) is 0 Å². The molecular weight excluding hydrogens is 250 g/mol. The van der Waals surface area contributed by atoms with Crippen molar-refractivity contribution in [1.29, 1.82) is 0 Å². The molecule has 0 saturated carbocycles. The van der Waals surface area contributed by atoms with E-state index >= 15 is 0 Å². The van der Waals surface area contributed by atoms with E-state index in [1.165, 1.54) is 0 Å². The summed E-state index contributed by atoms with van der Waals surface area (Å²) in [5.74, 6) is -0.546. The van der Waals surface area contributed by atoms with Crippen LogP contribution in [0.5, 0.6) is 0 Å². The minimum absolute atomic E-state index is 0.244. The number of hydrogen-bond acceptors (Lipinski definition) is 5. The molecule has 2 rings (SSSR count). The molecule has 18 heavy (non-hydrogen) atoms. The summed E-state index contributed by atoms with van der Waals surface area (Å²) >= 11 is 1.57. The van der Waals surface area contributed by atoms with E-state index in [2.05, 4.69) is 4.98 Å². The molecule has 3 N–H and O–H groups in total. The first-order chi connectivity index (χ1) is 8.70. The largest absolute Gasteiger partial charge is 0.396 e. The van der Waals surface area contributed by atoms with Crippen molar-refractivity contribution in [3.05, 3.63) is 41.4 Å². The second-order valence-electron chi connectivity index (χ2n) is 4.09. The average molecular weight is 265 g/mol. The lowest BCUT2D eigenvalue weighted by molar-refractivity contribution is -0.0959. The highest BCUT2D eigenvalue weighted by Crippen LogP contribution is 2.22. The van der Waals surface area contributed by atoms with Gasteiger partial charge in [0.25, 0.3) is 0 Å². The number of aromatic nitrogens is 1. The van der Waals surface area contributed by atoms with E-state index in [1.54, 1.807) is 17.5 Å². The lowest BCUT2D eigenvalue weighted by Gasteiger charge is -2.16. The van der Waals surface area contributed by atoms with Gasteiger partial charge < -0.3 is 15.3 Å². The van der Waals surface area contributed by atoms with Gasteiger partial charge in [-0.1, -0.05) is 24.3 Å². The molecule has 0 radical (unpaired) electrons. The van der Waals surface area contributed by atoms with Gasteiger partial charge in [0.05, 0.1) is 6.61 Å². The van der Waals surface area contributed by atoms with Crippen molar-refractivity contribution in [3.63, 3.8) is 0 Å². The summed E-state index contributed by atoms with van der Waals surface area (Å²) in [5.41, 5.74) is 2.00. The van der Waals surface area contributed by atoms with Gasteiger partial charge in [-0.05, 0) is 12.0 Å². The normalized spacial score (nSPS) is 12.9. The van der Waals surface area contributed by atoms with Crippen LogP contribution in [0.4, 0.5) is 0 Å². The highest BCUT2D eigenvalue weighted by atomic mass is 32.1. The fourth-order valence-corrected chi connectivity index (χ4v) is 2.36. The van der Waals surface area contributed by atoms with Gasteiger partial charge in [-0.3, -0.25) is 0 Å². The van der Waals surface area contributed by atoms with Gasteiger partial charge in [-0.15, -0.1) is 11.3 Å². The van der Waals surface area contributed by atoms with Gasteiger partial charge in [0.15, 0.2) is 6.29 Å². The summed E-state index contributed by atoms with van der Waals surface area (Å²) in [5, 5.41) is 30.0. The van der Waals surface area contributed by atoms with E-state index in [0.717, 1.165) is 16.1 Å². The summed E-state index contributed by atoms with van der Waals surface area (Å²) < 4.78 is 0. The first-order valence-electron chi connectivity index (χ1n) is 5.66. The molecule has 0 fully saturated rings. The maximum Gasteiger partial charge on any atom is 0.156 e. The Labute approximate surface area is 109 Å². The molecule has 0 unspecified atom stereocenters. The lowest BCUT2D eigenvalue weighted by Crippen LogP contribution is -2.25. The van der Waals surface area contributed by atoms with E-state index in [0.29, 0.717) is 6.42 Å². The third-order valence-electron chi connectivity index (χ3n) is 2.79. The molecule has 0 bridgehead atoms. The van der Waals surface area contributed by atoms with Crippen molar-refractivity contribution in [1.82, 2.24) is 4.98 Å². The van der Waals surface area contributed by atoms with Crippen LogP contribution in [0.1, 0.15) is 5.56 Å². The van der Waals surface area contributed by atoms with Crippen LogP contribution in [-0.2, 0) is 6.42 Å². The second kappa shape index (κ2) is 6.06. The Balaban J connectivity index is 2.08. The molecule has 96 valence electrons. The third-order valence-corrected chi connectivity index (χ3v) is 3.61. The number of benzene rings is 1. The number of nitrogens with zero attached hydrogens (tertiary/aromatic N) is 1. The molecule has 0 spiro atoms. The lowest BCUT2D eigenvalue weighted by atomic mass is 9.99. The number of thiazole rings is 1. The molecular formula is C13H15NO3S. The SMILES string of the molecule is OC[C@H](Cc1ccc(-c2nccs2)cc1)C(O)O. The first kappa shape index (κ1) is 13.2. The molecule has 1 aromatic heterocycles. The van der Waals surface area contributed by atoms with Crippen LogP contribution in [0, 0.1) is 5.92 Å². The van der Waals surface area contributed by atoms with Crippen LogP contribution in [0.15, 0.2) is 35.8 Å². The van der Waals surface area contributed by atoms with Crippen LogP contribution in [0.25, 0.3) is 10.6 Å². The van der Waals surface area contributed by atoms with Crippen LogP contribution < -0.4 is 0 Å². The Morgan fingerprint density at radius 3 is 2.39 bits per heavy atom. The molecule has 2 aromatic rings. The second-order valence-corrected chi connectivity index (χ2v) is 4.99. The third kappa shape index (κ3) is 3.14. The standard InChI is InChI=1S/C13H15NO3S/c15-8-11(13(16)17)7-9-1-3-10(4-2-9)12-14-5-6-18-12/h1-6,11,13,15-17H,7-8H2/t11-/m0/s1. The zero-order valence-corrected chi connectivity index (χ0v) is 10.5. The predicted octanol–water partition coefficient (Wildman–Crippen LogP) is 1.27. The zero-order valence-electron chi connectivity index (χ0n) is 9.73.